The minimum absolute atomic E-state index is 0.119. The van der Waals surface area contributed by atoms with E-state index in [4.69, 9.17) is 6.42 Å². The van der Waals surface area contributed by atoms with Gasteiger partial charge in [0.15, 0.2) is 0 Å². The van der Waals surface area contributed by atoms with E-state index in [0.717, 1.165) is 6.26 Å². The highest BCUT2D eigenvalue weighted by Crippen LogP contribution is 2.18. The molecule has 0 spiro atoms. The van der Waals surface area contributed by atoms with Gasteiger partial charge in [0.25, 0.3) is 0 Å². The zero-order chi connectivity index (χ0) is 9.35. The lowest BCUT2D eigenvalue weighted by Crippen LogP contribution is -2.28. The Morgan fingerprint density at radius 1 is 1.58 bits per heavy atom. The summed E-state index contributed by atoms with van der Waals surface area (Å²) in [6, 6.07) is 0. The number of β-amino-alcohol motifs (C(OH)–C–C–N with tert-alkyl or cyclic N) is 1. The van der Waals surface area contributed by atoms with Crippen LogP contribution in [0, 0.1) is 18.3 Å². The standard InChI is InChI=1S/C7H11NO3S/c1-3-6-4-8(5-7(6)9)12(2,10)11/h1,6-7,9H,4-5H2,2H3/t6-,7-/m1/s1. The molecule has 5 heteroatoms. The number of hydrogen-bond donors (Lipinski definition) is 1. The topological polar surface area (TPSA) is 57.6 Å². The average molecular weight is 189 g/mol. The second-order valence-electron chi connectivity index (χ2n) is 2.92. The predicted octanol–water partition coefficient (Wildman–Crippen LogP) is -1.13. The summed E-state index contributed by atoms with van der Waals surface area (Å²) in [4.78, 5) is 0. The van der Waals surface area contributed by atoms with E-state index < -0.39 is 16.1 Å². The van der Waals surface area contributed by atoms with Gasteiger partial charge in [0.05, 0.1) is 18.3 Å². The molecular formula is C7H11NO3S. The van der Waals surface area contributed by atoms with Gasteiger partial charge in [-0.3, -0.25) is 0 Å². The first kappa shape index (κ1) is 9.52. The van der Waals surface area contributed by atoms with Gasteiger partial charge < -0.3 is 5.11 Å². The third kappa shape index (κ3) is 1.78. The molecule has 1 heterocycles. The maximum atomic E-state index is 11.0. The summed E-state index contributed by atoms with van der Waals surface area (Å²) in [6.45, 7) is 0.351. The molecule has 1 fully saturated rings. The fourth-order valence-electron chi connectivity index (χ4n) is 1.19. The highest BCUT2D eigenvalue weighted by atomic mass is 32.2. The third-order valence-corrected chi connectivity index (χ3v) is 3.17. The summed E-state index contributed by atoms with van der Waals surface area (Å²) in [5.41, 5.74) is 0. The van der Waals surface area contributed by atoms with Crippen LogP contribution in [-0.2, 0) is 10.0 Å². The highest BCUT2D eigenvalue weighted by Gasteiger charge is 2.34. The van der Waals surface area contributed by atoms with Crippen LogP contribution in [-0.4, -0.2) is 43.3 Å². The first-order valence-electron chi connectivity index (χ1n) is 3.54. The van der Waals surface area contributed by atoms with E-state index in [1.807, 2.05) is 0 Å². The second kappa shape index (κ2) is 3.05. The molecule has 68 valence electrons. The SMILES string of the molecule is C#C[C@@H]1CN(S(C)(=O)=O)C[C@H]1O. The Labute approximate surface area is 72.2 Å². The van der Waals surface area contributed by atoms with Crippen molar-refractivity contribution in [2.24, 2.45) is 5.92 Å². The van der Waals surface area contributed by atoms with E-state index in [1.54, 1.807) is 0 Å². The molecule has 0 unspecified atom stereocenters. The lowest BCUT2D eigenvalue weighted by atomic mass is 10.1. The van der Waals surface area contributed by atoms with E-state index in [9.17, 15) is 13.5 Å². The van der Waals surface area contributed by atoms with Gasteiger partial charge in [-0.2, -0.15) is 4.31 Å². The van der Waals surface area contributed by atoms with Gasteiger partial charge in [-0.05, 0) is 0 Å². The van der Waals surface area contributed by atoms with Gasteiger partial charge in [-0.1, -0.05) is 5.92 Å². The van der Waals surface area contributed by atoms with Gasteiger partial charge in [-0.25, -0.2) is 8.42 Å². The molecule has 1 rings (SSSR count). The summed E-state index contributed by atoms with van der Waals surface area (Å²) in [7, 11) is -3.20. The van der Waals surface area contributed by atoms with E-state index in [0.29, 0.717) is 0 Å². The highest BCUT2D eigenvalue weighted by molar-refractivity contribution is 7.88. The average Bonchev–Trinajstić information content (AvgIpc) is 2.29. The van der Waals surface area contributed by atoms with Gasteiger partial charge in [0, 0.05) is 13.1 Å². The fourth-order valence-corrected chi connectivity index (χ4v) is 2.04. The second-order valence-corrected chi connectivity index (χ2v) is 4.90. The molecule has 4 nitrogen and oxygen atoms in total. The van der Waals surface area contributed by atoms with Crippen molar-refractivity contribution in [2.75, 3.05) is 19.3 Å². The molecule has 0 amide bonds. The van der Waals surface area contributed by atoms with Crippen LogP contribution in [0.4, 0.5) is 0 Å². The van der Waals surface area contributed by atoms with Crippen LogP contribution >= 0.6 is 0 Å². The number of terminal acetylenes is 1. The summed E-state index contributed by atoms with van der Waals surface area (Å²) in [6.07, 6.45) is 5.49. The van der Waals surface area contributed by atoms with Crippen molar-refractivity contribution in [3.05, 3.63) is 0 Å². The molecule has 12 heavy (non-hydrogen) atoms. The Bertz CT molecular complexity index is 303. The van der Waals surface area contributed by atoms with Crippen molar-refractivity contribution in [1.29, 1.82) is 0 Å². The van der Waals surface area contributed by atoms with Crippen molar-refractivity contribution in [3.8, 4) is 12.3 Å². The first-order valence-corrected chi connectivity index (χ1v) is 5.39. The molecule has 0 radical (unpaired) electrons. The largest absolute Gasteiger partial charge is 0.390 e. The van der Waals surface area contributed by atoms with Gasteiger partial charge >= 0.3 is 0 Å². The van der Waals surface area contributed by atoms with Crippen LogP contribution in [0.1, 0.15) is 0 Å². The van der Waals surface area contributed by atoms with E-state index in [-0.39, 0.29) is 19.0 Å². The normalized spacial score (nSPS) is 31.8. The molecule has 0 bridgehead atoms. The summed E-state index contributed by atoms with van der Waals surface area (Å²) in [5, 5.41) is 9.27. The van der Waals surface area contributed by atoms with Crippen LogP contribution < -0.4 is 0 Å². The minimum atomic E-state index is -3.20. The van der Waals surface area contributed by atoms with E-state index >= 15 is 0 Å². The summed E-state index contributed by atoms with van der Waals surface area (Å²) in [5.74, 6) is 2.00. The molecule has 1 N–H and O–H groups in total. The molecule has 0 aromatic heterocycles. The number of aliphatic hydroxyl groups excluding tert-OH is 1. The third-order valence-electron chi connectivity index (χ3n) is 1.94. The van der Waals surface area contributed by atoms with Crippen molar-refractivity contribution >= 4 is 10.0 Å². The fraction of sp³-hybridized carbons (Fsp3) is 0.714. The van der Waals surface area contributed by atoms with Crippen LogP contribution in [0.2, 0.25) is 0 Å². The quantitative estimate of drug-likeness (QED) is 0.531. The minimum Gasteiger partial charge on any atom is -0.390 e. The molecule has 2 atom stereocenters. The Hall–Kier alpha value is -0.570. The van der Waals surface area contributed by atoms with Crippen LogP contribution in [0.15, 0.2) is 0 Å². The van der Waals surface area contributed by atoms with Crippen molar-refractivity contribution in [1.82, 2.24) is 4.31 Å². The number of aliphatic hydroxyl groups is 1. The number of rotatable bonds is 1. The summed E-state index contributed by atoms with van der Waals surface area (Å²) < 4.78 is 23.2. The summed E-state index contributed by atoms with van der Waals surface area (Å²) >= 11 is 0. The van der Waals surface area contributed by atoms with Crippen LogP contribution in [0.3, 0.4) is 0 Å². The van der Waals surface area contributed by atoms with Gasteiger partial charge in [-0.15, -0.1) is 6.42 Å². The van der Waals surface area contributed by atoms with Crippen molar-refractivity contribution in [3.63, 3.8) is 0 Å². The maximum Gasteiger partial charge on any atom is 0.211 e. The smallest absolute Gasteiger partial charge is 0.211 e. The Morgan fingerprint density at radius 3 is 2.42 bits per heavy atom. The Balaban J connectivity index is 2.75. The zero-order valence-electron chi connectivity index (χ0n) is 6.77. The van der Waals surface area contributed by atoms with Crippen LogP contribution in [0.25, 0.3) is 0 Å². The molecular weight excluding hydrogens is 178 g/mol. The maximum absolute atomic E-state index is 11.0. The molecule has 0 aromatic carbocycles. The van der Waals surface area contributed by atoms with Gasteiger partial charge in [0.1, 0.15) is 0 Å². The molecule has 1 aliphatic rings. The van der Waals surface area contributed by atoms with Crippen LogP contribution in [0.5, 0.6) is 0 Å². The number of nitrogens with zero attached hydrogens (tertiary/aromatic N) is 1. The lowest BCUT2D eigenvalue weighted by Gasteiger charge is -2.10. The molecule has 1 aliphatic heterocycles. The van der Waals surface area contributed by atoms with E-state index in [2.05, 4.69) is 5.92 Å². The monoisotopic (exact) mass is 189 g/mol. The molecule has 0 aromatic rings. The molecule has 0 saturated carbocycles. The Morgan fingerprint density at radius 2 is 2.17 bits per heavy atom. The zero-order valence-corrected chi connectivity index (χ0v) is 7.58. The van der Waals surface area contributed by atoms with Crippen molar-refractivity contribution in [2.45, 2.75) is 6.10 Å². The molecule has 0 aliphatic carbocycles. The number of sulfonamides is 1. The van der Waals surface area contributed by atoms with Gasteiger partial charge in [0.2, 0.25) is 10.0 Å². The van der Waals surface area contributed by atoms with Crippen molar-refractivity contribution < 1.29 is 13.5 Å². The lowest BCUT2D eigenvalue weighted by molar-refractivity contribution is 0.167. The molecule has 1 saturated heterocycles. The first-order chi connectivity index (χ1) is 5.45. The Kier molecular flexibility index (Phi) is 2.42. The van der Waals surface area contributed by atoms with E-state index in [1.165, 1.54) is 4.31 Å². The predicted molar refractivity (Wildman–Crippen MR) is 44.7 cm³/mol. The number of hydrogen-bond acceptors (Lipinski definition) is 3.